The summed E-state index contributed by atoms with van der Waals surface area (Å²) in [6.07, 6.45) is -1.89. The van der Waals surface area contributed by atoms with E-state index in [1.165, 1.54) is 0 Å². The molecule has 0 aromatic heterocycles. The summed E-state index contributed by atoms with van der Waals surface area (Å²) in [5, 5.41) is 33.4. The normalized spacial score (nSPS) is 19.6. The summed E-state index contributed by atoms with van der Waals surface area (Å²) in [5.41, 5.74) is 7.07. The van der Waals surface area contributed by atoms with E-state index in [1.807, 2.05) is 78.7 Å². The molecule has 1 saturated heterocycles. The lowest BCUT2D eigenvalue weighted by Gasteiger charge is -2.42. The zero-order chi connectivity index (χ0) is 35.0. The van der Waals surface area contributed by atoms with Crippen molar-refractivity contribution in [3.63, 3.8) is 0 Å². The lowest BCUT2D eigenvalue weighted by atomic mass is 9.90. The standard InChI is InChI=1S/C42H44N2O6/c1-28-39(26-44(2)25-38(47)36-12-7-13-37(46)23-36)49-42(50-40(28)32-16-14-29(27-45)15-17-32)34-20-18-31(19-21-34)35-11-6-8-30(22-35)24-43-41(48)33-9-4-3-5-10-33/h3-23,28,38-40,42,45-47H,24-27H2,1-2H3,(H,43,48). The molecule has 1 amide bonds. The maximum absolute atomic E-state index is 12.6. The molecule has 8 nitrogen and oxygen atoms in total. The number of phenols is 1. The Morgan fingerprint density at radius 3 is 2.24 bits per heavy atom. The number of carbonyl (C=O) groups is 1. The number of hydrogen-bond donors (Lipinski definition) is 4. The summed E-state index contributed by atoms with van der Waals surface area (Å²) in [4.78, 5) is 14.6. The molecule has 50 heavy (non-hydrogen) atoms. The van der Waals surface area contributed by atoms with Crippen LogP contribution in [0.2, 0.25) is 0 Å². The highest BCUT2D eigenvalue weighted by Gasteiger charge is 2.39. The van der Waals surface area contributed by atoms with E-state index in [-0.39, 0.29) is 36.4 Å². The van der Waals surface area contributed by atoms with Crippen molar-refractivity contribution >= 4 is 5.91 Å². The van der Waals surface area contributed by atoms with E-state index >= 15 is 0 Å². The number of amides is 1. The van der Waals surface area contributed by atoms with Crippen LogP contribution in [0.25, 0.3) is 11.1 Å². The maximum Gasteiger partial charge on any atom is 0.251 e. The second kappa shape index (κ2) is 16.3. The number of aliphatic hydroxyl groups excluding tert-OH is 2. The van der Waals surface area contributed by atoms with Crippen molar-refractivity contribution < 1.29 is 29.6 Å². The summed E-state index contributed by atoms with van der Waals surface area (Å²) in [7, 11) is 1.95. The van der Waals surface area contributed by atoms with Crippen LogP contribution in [0.4, 0.5) is 0 Å². The molecule has 8 heteroatoms. The molecule has 0 spiro atoms. The van der Waals surface area contributed by atoms with Crippen LogP contribution in [0, 0.1) is 5.92 Å². The van der Waals surface area contributed by atoms with Gasteiger partial charge in [0, 0.05) is 36.7 Å². The van der Waals surface area contributed by atoms with Gasteiger partial charge in [-0.15, -0.1) is 0 Å². The van der Waals surface area contributed by atoms with Crippen molar-refractivity contribution in [3.8, 4) is 16.9 Å². The minimum atomic E-state index is -0.772. The second-order valence-corrected chi connectivity index (χ2v) is 13.0. The van der Waals surface area contributed by atoms with Gasteiger partial charge in [0.2, 0.25) is 0 Å². The summed E-state index contributed by atoms with van der Waals surface area (Å²) >= 11 is 0. The first-order valence-corrected chi connectivity index (χ1v) is 17.0. The molecule has 5 aromatic rings. The molecule has 1 aliphatic heterocycles. The maximum atomic E-state index is 12.6. The van der Waals surface area contributed by atoms with Crippen LogP contribution in [0.5, 0.6) is 5.75 Å². The predicted molar refractivity (Wildman–Crippen MR) is 193 cm³/mol. The molecule has 5 unspecified atom stereocenters. The highest BCUT2D eigenvalue weighted by Crippen LogP contribution is 2.42. The minimum absolute atomic E-state index is 0.0176. The van der Waals surface area contributed by atoms with Crippen LogP contribution in [-0.4, -0.2) is 52.4 Å². The number of carbonyl (C=O) groups excluding carboxylic acids is 1. The molecule has 0 aliphatic carbocycles. The Kier molecular flexibility index (Phi) is 11.4. The summed E-state index contributed by atoms with van der Waals surface area (Å²) in [6, 6.07) is 40.0. The van der Waals surface area contributed by atoms with E-state index in [9.17, 15) is 20.1 Å². The van der Waals surface area contributed by atoms with Crippen LogP contribution in [-0.2, 0) is 22.6 Å². The molecule has 0 radical (unpaired) electrons. The van der Waals surface area contributed by atoms with Crippen molar-refractivity contribution in [2.24, 2.45) is 5.92 Å². The van der Waals surface area contributed by atoms with Gasteiger partial charge in [0.15, 0.2) is 6.29 Å². The molecule has 0 bridgehead atoms. The lowest BCUT2D eigenvalue weighted by molar-refractivity contribution is -0.276. The number of hydrogen-bond acceptors (Lipinski definition) is 7. The van der Waals surface area contributed by atoms with E-state index in [1.54, 1.807) is 36.4 Å². The van der Waals surface area contributed by atoms with Crippen molar-refractivity contribution in [1.29, 1.82) is 0 Å². The fourth-order valence-corrected chi connectivity index (χ4v) is 6.41. The Morgan fingerprint density at radius 1 is 0.800 bits per heavy atom. The third kappa shape index (κ3) is 8.66. The Bertz CT molecular complexity index is 1850. The van der Waals surface area contributed by atoms with Gasteiger partial charge >= 0.3 is 0 Å². The number of benzene rings is 5. The molecule has 1 fully saturated rings. The van der Waals surface area contributed by atoms with Crippen LogP contribution in [0.3, 0.4) is 0 Å². The second-order valence-electron chi connectivity index (χ2n) is 13.0. The molecule has 6 rings (SSSR count). The van der Waals surface area contributed by atoms with Crippen molar-refractivity contribution in [3.05, 3.63) is 161 Å². The van der Waals surface area contributed by atoms with E-state index in [0.717, 1.165) is 33.4 Å². The summed E-state index contributed by atoms with van der Waals surface area (Å²) in [6.45, 7) is 3.42. The monoisotopic (exact) mass is 672 g/mol. The van der Waals surface area contributed by atoms with Gasteiger partial charge in [-0.05, 0) is 70.8 Å². The van der Waals surface area contributed by atoms with Crippen LogP contribution in [0.15, 0.2) is 127 Å². The highest BCUT2D eigenvalue weighted by molar-refractivity contribution is 5.94. The molecule has 0 saturated carbocycles. The molecule has 258 valence electrons. The van der Waals surface area contributed by atoms with E-state index in [0.29, 0.717) is 30.8 Å². The quantitative estimate of drug-likeness (QED) is 0.114. The van der Waals surface area contributed by atoms with Gasteiger partial charge in [-0.3, -0.25) is 4.79 Å². The minimum Gasteiger partial charge on any atom is -0.508 e. The fourth-order valence-electron chi connectivity index (χ4n) is 6.41. The summed E-state index contributed by atoms with van der Waals surface area (Å²) < 4.78 is 13.3. The first-order chi connectivity index (χ1) is 24.3. The van der Waals surface area contributed by atoms with Crippen LogP contribution < -0.4 is 5.32 Å². The van der Waals surface area contributed by atoms with Gasteiger partial charge in [-0.2, -0.15) is 0 Å². The number of likely N-dealkylation sites (N-methyl/N-ethyl adjacent to an activating group) is 1. The average molecular weight is 673 g/mol. The van der Waals surface area contributed by atoms with Crippen molar-refractivity contribution in [2.45, 2.75) is 44.7 Å². The smallest absolute Gasteiger partial charge is 0.251 e. The van der Waals surface area contributed by atoms with Crippen LogP contribution in [0.1, 0.15) is 63.6 Å². The number of aromatic hydroxyl groups is 1. The molecular formula is C42H44N2O6. The Labute approximate surface area is 293 Å². The van der Waals surface area contributed by atoms with Crippen LogP contribution >= 0.6 is 0 Å². The summed E-state index contributed by atoms with van der Waals surface area (Å²) in [5.74, 6) is -0.00696. The Hall–Kier alpha value is -4.83. The van der Waals surface area contributed by atoms with E-state index in [4.69, 9.17) is 9.47 Å². The Morgan fingerprint density at radius 2 is 1.52 bits per heavy atom. The predicted octanol–water partition coefficient (Wildman–Crippen LogP) is 6.94. The van der Waals surface area contributed by atoms with Gasteiger partial charge < -0.3 is 35.0 Å². The number of rotatable bonds is 12. The van der Waals surface area contributed by atoms with E-state index < -0.39 is 12.4 Å². The zero-order valence-corrected chi connectivity index (χ0v) is 28.4. The highest BCUT2D eigenvalue weighted by atomic mass is 16.7. The number of nitrogens with zero attached hydrogens (tertiary/aromatic N) is 1. The largest absolute Gasteiger partial charge is 0.508 e. The Balaban J connectivity index is 1.17. The van der Waals surface area contributed by atoms with E-state index in [2.05, 4.69) is 36.5 Å². The number of ether oxygens (including phenoxy) is 2. The third-order valence-electron chi connectivity index (χ3n) is 9.29. The van der Waals surface area contributed by atoms with Gasteiger partial charge in [-0.1, -0.05) is 104 Å². The first kappa shape index (κ1) is 35.0. The molecular weight excluding hydrogens is 628 g/mol. The van der Waals surface area contributed by atoms with Gasteiger partial charge in [0.05, 0.1) is 24.9 Å². The molecule has 5 atom stereocenters. The number of aliphatic hydroxyl groups is 2. The van der Waals surface area contributed by atoms with Crippen molar-refractivity contribution in [2.75, 3.05) is 20.1 Å². The number of nitrogens with one attached hydrogen (secondary N) is 1. The lowest BCUT2D eigenvalue weighted by Crippen LogP contribution is -2.44. The van der Waals surface area contributed by atoms with Gasteiger partial charge in [0.1, 0.15) is 5.75 Å². The fraction of sp³-hybridized carbons (Fsp3) is 0.262. The van der Waals surface area contributed by atoms with Gasteiger partial charge in [-0.25, -0.2) is 0 Å². The topological polar surface area (TPSA) is 111 Å². The average Bonchev–Trinajstić information content (AvgIpc) is 3.15. The SMILES string of the molecule is CC1C(CN(C)CC(O)c2cccc(O)c2)OC(c2ccc(-c3cccc(CNC(=O)c4ccccc4)c3)cc2)OC1c1ccc(CO)cc1. The van der Waals surface area contributed by atoms with Gasteiger partial charge in [0.25, 0.3) is 5.91 Å². The number of phenolic OH excluding ortho intramolecular Hbond substituents is 1. The van der Waals surface area contributed by atoms with Crippen molar-refractivity contribution in [1.82, 2.24) is 10.2 Å². The molecule has 1 heterocycles. The third-order valence-corrected chi connectivity index (χ3v) is 9.29. The molecule has 5 aromatic carbocycles. The molecule has 4 N–H and O–H groups in total. The first-order valence-electron chi connectivity index (χ1n) is 17.0. The zero-order valence-electron chi connectivity index (χ0n) is 28.4. The molecule has 1 aliphatic rings.